The van der Waals surface area contributed by atoms with E-state index in [1.54, 1.807) is 41.5 Å². The standard InChI is InChI=1S/C12H23F3O4S2/c1-10(2,3)9(16)8-20(7,11(4,5)6)19-21(17,18)12(13,14)15/h8H2,1-7H3. The van der Waals surface area contributed by atoms with Crippen molar-refractivity contribution in [1.82, 2.24) is 0 Å². The van der Waals surface area contributed by atoms with Crippen LogP contribution in [-0.4, -0.2) is 36.5 Å². The second kappa shape index (κ2) is 5.73. The first-order chi connectivity index (χ1) is 8.83. The summed E-state index contributed by atoms with van der Waals surface area (Å²) in [4.78, 5) is 12.1. The number of alkyl halides is 3. The van der Waals surface area contributed by atoms with E-state index in [2.05, 4.69) is 3.63 Å². The molecule has 0 bridgehead atoms. The van der Waals surface area contributed by atoms with Gasteiger partial charge in [-0.1, -0.05) is 41.5 Å². The number of carbonyl (C=O) groups is 1. The zero-order chi connectivity index (χ0) is 17.5. The van der Waals surface area contributed by atoms with Crippen molar-refractivity contribution < 1.29 is 30.0 Å². The number of rotatable bonds is 4. The Balaban J connectivity index is 5.68. The molecule has 0 spiro atoms. The van der Waals surface area contributed by atoms with Gasteiger partial charge in [0.2, 0.25) is 0 Å². The van der Waals surface area contributed by atoms with E-state index in [0.717, 1.165) is 0 Å². The molecule has 0 saturated heterocycles. The fraction of sp³-hybridized carbons (Fsp3) is 0.917. The molecule has 0 radical (unpaired) electrons. The van der Waals surface area contributed by atoms with Crippen LogP contribution in [0, 0.1) is 5.41 Å². The third-order valence-corrected chi connectivity index (χ3v) is 8.95. The first-order valence-electron chi connectivity index (χ1n) is 6.15. The Labute approximate surface area is 126 Å². The minimum Gasteiger partial charge on any atom is -0.298 e. The van der Waals surface area contributed by atoms with E-state index >= 15 is 0 Å². The summed E-state index contributed by atoms with van der Waals surface area (Å²) in [6.45, 7) is 9.54. The Bertz CT molecular complexity index is 498. The zero-order valence-corrected chi connectivity index (χ0v) is 14.9. The van der Waals surface area contributed by atoms with Crippen LogP contribution in [0.15, 0.2) is 0 Å². The fourth-order valence-electron chi connectivity index (χ4n) is 1.05. The molecule has 0 aromatic heterocycles. The third-order valence-electron chi connectivity index (χ3n) is 3.06. The van der Waals surface area contributed by atoms with Crippen LogP contribution in [0.1, 0.15) is 41.5 Å². The molecule has 0 rings (SSSR count). The Morgan fingerprint density at radius 1 is 1.00 bits per heavy atom. The summed E-state index contributed by atoms with van der Waals surface area (Å²) in [6.07, 6.45) is 1.29. The predicted molar refractivity (Wildman–Crippen MR) is 78.7 cm³/mol. The summed E-state index contributed by atoms with van der Waals surface area (Å²) in [5, 5.41) is 0. The number of Topliss-reactive ketones (excluding diaryl/α,β-unsaturated/α-hetero) is 1. The fourth-order valence-corrected chi connectivity index (χ4v) is 5.31. The van der Waals surface area contributed by atoms with Crippen LogP contribution in [0.5, 0.6) is 0 Å². The molecule has 0 saturated carbocycles. The lowest BCUT2D eigenvalue weighted by molar-refractivity contribution is -0.123. The van der Waals surface area contributed by atoms with Gasteiger partial charge in [-0.2, -0.15) is 21.6 Å². The van der Waals surface area contributed by atoms with E-state index in [9.17, 15) is 26.4 Å². The van der Waals surface area contributed by atoms with Crippen molar-refractivity contribution in [2.45, 2.75) is 51.8 Å². The summed E-state index contributed by atoms with van der Waals surface area (Å²) in [5.74, 6) is -0.692. The van der Waals surface area contributed by atoms with Crippen molar-refractivity contribution in [3.8, 4) is 0 Å². The lowest BCUT2D eigenvalue weighted by atomic mass is 9.92. The molecule has 0 N–H and O–H groups in total. The van der Waals surface area contributed by atoms with Crippen molar-refractivity contribution in [1.29, 1.82) is 0 Å². The quantitative estimate of drug-likeness (QED) is 0.725. The number of ketones is 1. The molecule has 9 heteroatoms. The van der Waals surface area contributed by atoms with Crippen molar-refractivity contribution in [2.24, 2.45) is 5.41 Å². The van der Waals surface area contributed by atoms with Crippen LogP contribution >= 0.6 is 10.3 Å². The molecule has 0 fully saturated rings. The van der Waals surface area contributed by atoms with Crippen LogP contribution in [0.4, 0.5) is 13.2 Å². The molecule has 0 amide bonds. The highest BCUT2D eigenvalue weighted by Gasteiger charge is 2.53. The molecule has 0 heterocycles. The maximum absolute atomic E-state index is 12.5. The largest absolute Gasteiger partial charge is 0.523 e. The van der Waals surface area contributed by atoms with Gasteiger partial charge >= 0.3 is 15.6 Å². The lowest BCUT2D eigenvalue weighted by Crippen LogP contribution is -2.38. The molecule has 128 valence electrons. The summed E-state index contributed by atoms with van der Waals surface area (Å²) >= 11 is 0. The van der Waals surface area contributed by atoms with Gasteiger partial charge in [-0.05, 0) is 6.26 Å². The average molecular weight is 352 g/mol. The van der Waals surface area contributed by atoms with E-state index in [1.807, 2.05) is 0 Å². The van der Waals surface area contributed by atoms with Gasteiger partial charge in [0.15, 0.2) is 0 Å². The second-order valence-electron chi connectivity index (χ2n) is 6.90. The van der Waals surface area contributed by atoms with Gasteiger partial charge in [0.05, 0.1) is 5.75 Å². The predicted octanol–water partition coefficient (Wildman–Crippen LogP) is 3.62. The molecular weight excluding hydrogens is 329 g/mol. The summed E-state index contributed by atoms with van der Waals surface area (Å²) in [5.41, 5.74) is -6.29. The van der Waals surface area contributed by atoms with Crippen LogP contribution < -0.4 is 0 Å². The van der Waals surface area contributed by atoms with Crippen LogP contribution in [0.3, 0.4) is 0 Å². The smallest absolute Gasteiger partial charge is 0.298 e. The molecule has 0 aliphatic rings. The SMILES string of the molecule is CC(C)(C)C(=O)CS(C)(OS(=O)(=O)C(F)(F)F)C(C)(C)C. The van der Waals surface area contributed by atoms with Gasteiger partial charge in [0.25, 0.3) is 0 Å². The highest BCUT2D eigenvalue weighted by atomic mass is 32.3. The van der Waals surface area contributed by atoms with Crippen molar-refractivity contribution in [3.63, 3.8) is 0 Å². The maximum atomic E-state index is 12.5. The average Bonchev–Trinajstić information content (AvgIpc) is 2.10. The van der Waals surface area contributed by atoms with Crippen molar-refractivity contribution in [3.05, 3.63) is 0 Å². The Kier molecular flexibility index (Phi) is 5.66. The lowest BCUT2D eigenvalue weighted by Gasteiger charge is -2.46. The van der Waals surface area contributed by atoms with E-state index in [4.69, 9.17) is 0 Å². The van der Waals surface area contributed by atoms with Crippen molar-refractivity contribution >= 4 is 26.2 Å². The number of halogens is 3. The molecule has 1 unspecified atom stereocenters. The number of hydrogen-bond donors (Lipinski definition) is 0. The Morgan fingerprint density at radius 3 is 1.62 bits per heavy atom. The first-order valence-corrected chi connectivity index (χ1v) is 9.69. The minimum atomic E-state index is -5.74. The molecule has 21 heavy (non-hydrogen) atoms. The summed E-state index contributed by atoms with van der Waals surface area (Å²) < 4.78 is 63.9. The number of hydrogen-bond acceptors (Lipinski definition) is 4. The third kappa shape index (κ3) is 5.14. The second-order valence-corrected chi connectivity index (χ2v) is 12.3. The first kappa shape index (κ1) is 20.7. The normalized spacial score (nSPS) is 19.0. The van der Waals surface area contributed by atoms with Crippen molar-refractivity contribution in [2.75, 3.05) is 12.0 Å². The van der Waals surface area contributed by atoms with E-state index in [1.165, 1.54) is 6.26 Å². The summed E-state index contributed by atoms with van der Waals surface area (Å²) in [7, 11) is -8.58. The van der Waals surface area contributed by atoms with Crippen LogP contribution in [-0.2, 0) is 18.5 Å². The molecule has 4 nitrogen and oxygen atoms in total. The van der Waals surface area contributed by atoms with Gasteiger partial charge in [-0.15, -0.1) is 10.3 Å². The monoisotopic (exact) mass is 352 g/mol. The molecule has 0 aliphatic heterocycles. The Hall–Kier alpha value is -0.280. The van der Waals surface area contributed by atoms with Gasteiger partial charge in [-0.3, -0.25) is 4.79 Å². The van der Waals surface area contributed by atoms with E-state index in [0.29, 0.717) is 0 Å². The van der Waals surface area contributed by atoms with Crippen LogP contribution in [0.2, 0.25) is 0 Å². The molecule has 0 aromatic rings. The van der Waals surface area contributed by atoms with Gasteiger partial charge in [0.1, 0.15) is 5.78 Å². The Morgan fingerprint density at radius 2 is 1.38 bits per heavy atom. The minimum absolute atomic E-state index is 0.340. The van der Waals surface area contributed by atoms with Gasteiger partial charge in [0, 0.05) is 10.2 Å². The molecular formula is C12H23F3O4S2. The zero-order valence-electron chi connectivity index (χ0n) is 13.3. The topological polar surface area (TPSA) is 60.4 Å². The molecule has 1 atom stereocenters. The number of carbonyl (C=O) groups excluding carboxylic acids is 1. The summed E-state index contributed by atoms with van der Waals surface area (Å²) in [6, 6.07) is 0. The highest BCUT2D eigenvalue weighted by molar-refractivity contribution is 8.33. The van der Waals surface area contributed by atoms with Crippen LogP contribution in [0.25, 0.3) is 0 Å². The highest BCUT2D eigenvalue weighted by Crippen LogP contribution is 2.59. The molecule has 0 aromatic carbocycles. The van der Waals surface area contributed by atoms with Gasteiger partial charge < -0.3 is 0 Å². The van der Waals surface area contributed by atoms with E-state index in [-0.39, 0.29) is 11.5 Å². The maximum Gasteiger partial charge on any atom is 0.523 e. The van der Waals surface area contributed by atoms with E-state index < -0.39 is 36.1 Å². The molecule has 0 aliphatic carbocycles. The van der Waals surface area contributed by atoms with Gasteiger partial charge in [-0.25, -0.2) is 3.63 Å².